The van der Waals surface area contributed by atoms with Crippen molar-refractivity contribution in [2.24, 2.45) is 0 Å². The van der Waals surface area contributed by atoms with Gasteiger partial charge in [-0.2, -0.15) is 0 Å². The van der Waals surface area contributed by atoms with Crippen molar-refractivity contribution in [2.75, 3.05) is 4.90 Å². The Morgan fingerprint density at radius 2 is 1.76 bits per heavy atom. The van der Waals surface area contributed by atoms with E-state index in [4.69, 9.17) is 4.74 Å². The van der Waals surface area contributed by atoms with Crippen molar-refractivity contribution >= 4 is 17.3 Å². The van der Waals surface area contributed by atoms with Crippen molar-refractivity contribution in [3.63, 3.8) is 0 Å². The maximum atomic E-state index is 13.1. The Hall–Kier alpha value is -2.36. The number of ether oxygens (including phenoxy) is 1. The highest BCUT2D eigenvalue weighted by Gasteiger charge is 2.41. The Morgan fingerprint density at radius 3 is 2.43 bits per heavy atom. The Kier molecular flexibility index (Phi) is 2.97. The number of hydrogen-bond donors (Lipinski definition) is 0. The minimum atomic E-state index is -0.962. The fraction of sp³-hybridized carbons (Fsp3) is 0.235. The van der Waals surface area contributed by atoms with Crippen molar-refractivity contribution in [3.8, 4) is 5.75 Å². The third-order valence-corrected chi connectivity index (χ3v) is 3.52. The van der Waals surface area contributed by atoms with E-state index >= 15 is 0 Å². The third kappa shape index (κ3) is 2.27. The molecule has 0 saturated carbocycles. The average Bonchev–Trinajstić information content (AvgIpc) is 2.42. The van der Waals surface area contributed by atoms with Crippen LogP contribution in [0.4, 0.5) is 15.8 Å². The van der Waals surface area contributed by atoms with Crippen LogP contribution in [-0.4, -0.2) is 11.5 Å². The predicted octanol–water partition coefficient (Wildman–Crippen LogP) is 3.97. The van der Waals surface area contributed by atoms with Crippen LogP contribution in [0, 0.1) is 12.7 Å². The quantitative estimate of drug-likeness (QED) is 0.793. The number of nitrogens with zero attached hydrogens (tertiary/aromatic N) is 1. The molecule has 0 spiro atoms. The molecule has 0 aliphatic carbocycles. The second kappa shape index (κ2) is 4.58. The van der Waals surface area contributed by atoms with E-state index in [0.717, 1.165) is 5.56 Å². The Bertz CT molecular complexity index is 707. The number of benzene rings is 2. The van der Waals surface area contributed by atoms with Crippen LogP contribution in [0.25, 0.3) is 0 Å². The fourth-order valence-corrected chi connectivity index (χ4v) is 2.43. The van der Waals surface area contributed by atoms with Crippen molar-refractivity contribution in [1.29, 1.82) is 0 Å². The zero-order valence-corrected chi connectivity index (χ0v) is 12.2. The van der Waals surface area contributed by atoms with Crippen LogP contribution < -0.4 is 9.64 Å². The smallest absolute Gasteiger partial charge is 0.275 e. The molecule has 21 heavy (non-hydrogen) atoms. The number of carbonyl (C=O) groups is 1. The minimum absolute atomic E-state index is 0.174. The first-order valence-corrected chi connectivity index (χ1v) is 6.78. The van der Waals surface area contributed by atoms with Crippen molar-refractivity contribution in [2.45, 2.75) is 26.4 Å². The highest BCUT2D eigenvalue weighted by Crippen LogP contribution is 2.42. The maximum Gasteiger partial charge on any atom is 0.275 e. The SMILES string of the molecule is Cc1ccc2c(c1)N(c1ccc(F)cc1)C(=O)C(C)(C)O2. The average molecular weight is 285 g/mol. The van der Waals surface area contributed by atoms with Gasteiger partial charge in [-0.1, -0.05) is 6.07 Å². The van der Waals surface area contributed by atoms with Crippen LogP contribution in [0.3, 0.4) is 0 Å². The van der Waals surface area contributed by atoms with Gasteiger partial charge in [0.1, 0.15) is 11.6 Å². The number of carbonyl (C=O) groups excluding carboxylic acids is 1. The number of halogens is 1. The van der Waals surface area contributed by atoms with Crippen molar-refractivity contribution < 1.29 is 13.9 Å². The number of rotatable bonds is 1. The summed E-state index contributed by atoms with van der Waals surface area (Å²) in [5.74, 6) is 0.143. The lowest BCUT2D eigenvalue weighted by molar-refractivity contribution is -0.131. The summed E-state index contributed by atoms with van der Waals surface area (Å²) in [4.78, 5) is 14.3. The molecule has 0 aromatic heterocycles. The first-order chi connectivity index (χ1) is 9.88. The molecule has 0 unspecified atom stereocenters. The molecular weight excluding hydrogens is 269 g/mol. The van der Waals surface area contributed by atoms with Crippen LogP contribution in [0.2, 0.25) is 0 Å². The monoisotopic (exact) mass is 285 g/mol. The summed E-state index contributed by atoms with van der Waals surface area (Å²) in [5, 5.41) is 0. The van der Waals surface area contributed by atoms with E-state index in [0.29, 0.717) is 17.1 Å². The molecule has 1 aliphatic rings. The summed E-state index contributed by atoms with van der Waals surface area (Å²) in [5.41, 5.74) is 1.38. The summed E-state index contributed by atoms with van der Waals surface area (Å²) in [6.45, 7) is 5.41. The lowest BCUT2D eigenvalue weighted by atomic mass is 10.0. The number of hydrogen-bond acceptors (Lipinski definition) is 2. The van der Waals surface area contributed by atoms with Crippen LogP contribution in [0.1, 0.15) is 19.4 Å². The highest BCUT2D eigenvalue weighted by atomic mass is 19.1. The molecule has 0 N–H and O–H groups in total. The summed E-state index contributed by atoms with van der Waals surface area (Å²) >= 11 is 0. The van der Waals surface area contributed by atoms with Gasteiger partial charge < -0.3 is 4.74 Å². The van der Waals surface area contributed by atoms with Gasteiger partial charge in [0.2, 0.25) is 0 Å². The zero-order chi connectivity index (χ0) is 15.2. The zero-order valence-electron chi connectivity index (χ0n) is 12.2. The molecule has 3 rings (SSSR count). The van der Waals surface area contributed by atoms with Gasteiger partial charge in [0.25, 0.3) is 5.91 Å². The summed E-state index contributed by atoms with van der Waals surface area (Å²) in [6.07, 6.45) is 0. The molecule has 1 amide bonds. The molecule has 1 heterocycles. The van der Waals surface area contributed by atoms with Gasteiger partial charge in [0.15, 0.2) is 5.60 Å². The van der Waals surface area contributed by atoms with E-state index in [9.17, 15) is 9.18 Å². The molecule has 1 aliphatic heterocycles. The van der Waals surface area contributed by atoms with Crippen molar-refractivity contribution in [3.05, 3.63) is 53.8 Å². The van der Waals surface area contributed by atoms with E-state index in [1.54, 1.807) is 30.9 Å². The second-order valence-electron chi connectivity index (χ2n) is 5.70. The van der Waals surface area contributed by atoms with Gasteiger partial charge in [0.05, 0.1) is 5.69 Å². The lowest BCUT2D eigenvalue weighted by Gasteiger charge is -2.38. The molecule has 0 fully saturated rings. The Labute approximate surface area is 123 Å². The van der Waals surface area contributed by atoms with Crippen molar-refractivity contribution in [1.82, 2.24) is 0 Å². The van der Waals surface area contributed by atoms with Gasteiger partial charge in [-0.05, 0) is 62.7 Å². The van der Waals surface area contributed by atoms with Gasteiger partial charge in [-0.15, -0.1) is 0 Å². The van der Waals surface area contributed by atoms with E-state index in [-0.39, 0.29) is 11.7 Å². The molecule has 3 nitrogen and oxygen atoms in total. The number of amides is 1. The highest BCUT2D eigenvalue weighted by molar-refractivity contribution is 6.08. The van der Waals surface area contributed by atoms with E-state index in [2.05, 4.69) is 0 Å². The number of fused-ring (bicyclic) bond motifs is 1. The molecular formula is C17H16FNO2. The lowest BCUT2D eigenvalue weighted by Crippen LogP contribution is -2.50. The van der Waals surface area contributed by atoms with E-state index < -0.39 is 5.60 Å². The molecule has 108 valence electrons. The van der Waals surface area contributed by atoms with Gasteiger partial charge >= 0.3 is 0 Å². The van der Waals surface area contributed by atoms with Gasteiger partial charge in [-0.3, -0.25) is 9.69 Å². The molecule has 0 atom stereocenters. The Balaban J connectivity index is 2.19. The predicted molar refractivity (Wildman–Crippen MR) is 79.4 cm³/mol. The normalized spacial score (nSPS) is 16.4. The van der Waals surface area contributed by atoms with E-state index in [1.807, 2.05) is 25.1 Å². The van der Waals surface area contributed by atoms with Crippen LogP contribution >= 0.6 is 0 Å². The minimum Gasteiger partial charge on any atom is -0.476 e. The van der Waals surface area contributed by atoms with Crippen LogP contribution in [0.15, 0.2) is 42.5 Å². The summed E-state index contributed by atoms with van der Waals surface area (Å²) in [6, 6.07) is 11.6. The standard InChI is InChI=1S/C17H16FNO2/c1-11-4-9-15-14(10-11)19(16(20)17(2,3)21-15)13-7-5-12(18)6-8-13/h4-10H,1-3H3. The van der Waals surface area contributed by atoms with Gasteiger partial charge in [0, 0.05) is 5.69 Å². The van der Waals surface area contributed by atoms with Crippen LogP contribution in [-0.2, 0) is 4.79 Å². The van der Waals surface area contributed by atoms with Crippen LogP contribution in [0.5, 0.6) is 5.75 Å². The second-order valence-corrected chi connectivity index (χ2v) is 5.70. The molecule has 2 aromatic carbocycles. The first kappa shape index (κ1) is 13.6. The van der Waals surface area contributed by atoms with E-state index in [1.165, 1.54) is 12.1 Å². The summed E-state index contributed by atoms with van der Waals surface area (Å²) in [7, 11) is 0. The topological polar surface area (TPSA) is 29.5 Å². The molecule has 0 saturated heterocycles. The largest absolute Gasteiger partial charge is 0.476 e. The molecule has 0 radical (unpaired) electrons. The molecule has 0 bridgehead atoms. The number of aryl methyl sites for hydroxylation is 1. The maximum absolute atomic E-state index is 13.1. The Morgan fingerprint density at radius 1 is 1.10 bits per heavy atom. The third-order valence-electron chi connectivity index (χ3n) is 3.52. The number of anilines is 2. The first-order valence-electron chi connectivity index (χ1n) is 6.78. The van der Waals surface area contributed by atoms with Gasteiger partial charge in [-0.25, -0.2) is 4.39 Å². The molecule has 2 aromatic rings. The summed E-state index contributed by atoms with van der Waals surface area (Å²) < 4.78 is 18.9. The fourth-order valence-electron chi connectivity index (χ4n) is 2.43. The molecule has 4 heteroatoms.